The SMILES string of the molecule is CC[N+](CC)(CC)CC(C#N)OC(C)=O.[Cl-]. The van der Waals surface area contributed by atoms with E-state index >= 15 is 0 Å². The average molecular weight is 249 g/mol. The van der Waals surface area contributed by atoms with E-state index < -0.39 is 6.10 Å². The van der Waals surface area contributed by atoms with Gasteiger partial charge < -0.3 is 21.6 Å². The largest absolute Gasteiger partial charge is 1.00 e. The fourth-order valence-corrected chi connectivity index (χ4v) is 1.71. The van der Waals surface area contributed by atoms with Crippen molar-refractivity contribution in [3.63, 3.8) is 0 Å². The highest BCUT2D eigenvalue weighted by Gasteiger charge is 2.27. The normalized spacial score (nSPS) is 12.2. The van der Waals surface area contributed by atoms with Crippen LogP contribution < -0.4 is 12.4 Å². The second-order valence-electron chi connectivity index (χ2n) is 3.70. The number of quaternary nitrogens is 1. The molecule has 0 radical (unpaired) electrons. The maximum absolute atomic E-state index is 10.8. The average Bonchev–Trinajstić information content (AvgIpc) is 2.24. The fraction of sp³-hybridized carbons (Fsp3) is 0.818. The number of halogens is 1. The quantitative estimate of drug-likeness (QED) is 0.417. The fourth-order valence-electron chi connectivity index (χ4n) is 1.71. The van der Waals surface area contributed by atoms with Crippen molar-refractivity contribution >= 4 is 5.97 Å². The molecule has 0 bridgehead atoms. The number of likely N-dealkylation sites (N-methyl/N-ethyl adjacent to an activating group) is 1. The molecule has 4 nitrogen and oxygen atoms in total. The van der Waals surface area contributed by atoms with Gasteiger partial charge in [0.1, 0.15) is 12.6 Å². The first-order valence-electron chi connectivity index (χ1n) is 5.45. The van der Waals surface area contributed by atoms with Crippen LogP contribution in [0.25, 0.3) is 0 Å². The lowest BCUT2D eigenvalue weighted by molar-refractivity contribution is -0.925. The molecule has 0 aromatic rings. The van der Waals surface area contributed by atoms with Crippen LogP contribution in [0.1, 0.15) is 27.7 Å². The summed E-state index contributed by atoms with van der Waals surface area (Å²) < 4.78 is 5.76. The van der Waals surface area contributed by atoms with E-state index in [1.54, 1.807) is 0 Å². The summed E-state index contributed by atoms with van der Waals surface area (Å²) in [5.74, 6) is -0.386. The van der Waals surface area contributed by atoms with Gasteiger partial charge >= 0.3 is 5.97 Å². The Bertz CT molecular complexity index is 239. The number of carbonyl (C=O) groups is 1. The summed E-state index contributed by atoms with van der Waals surface area (Å²) in [4.78, 5) is 10.8. The molecule has 0 amide bonds. The van der Waals surface area contributed by atoms with Crippen LogP contribution in [-0.4, -0.2) is 42.7 Å². The highest BCUT2D eigenvalue weighted by molar-refractivity contribution is 5.66. The van der Waals surface area contributed by atoms with Gasteiger partial charge in [0.05, 0.1) is 19.6 Å². The van der Waals surface area contributed by atoms with Crippen molar-refractivity contribution < 1.29 is 26.4 Å². The van der Waals surface area contributed by atoms with Crippen molar-refractivity contribution in [2.24, 2.45) is 0 Å². The van der Waals surface area contributed by atoms with Gasteiger partial charge in [-0.3, -0.25) is 4.79 Å². The predicted molar refractivity (Wildman–Crippen MR) is 57.9 cm³/mol. The minimum absolute atomic E-state index is 0. The molecule has 0 saturated heterocycles. The first-order chi connectivity index (χ1) is 7.03. The highest BCUT2D eigenvalue weighted by Crippen LogP contribution is 2.09. The zero-order chi connectivity index (χ0) is 11.9. The number of hydrogen-bond donors (Lipinski definition) is 0. The van der Waals surface area contributed by atoms with Crippen molar-refractivity contribution in [2.75, 3.05) is 26.2 Å². The van der Waals surface area contributed by atoms with Gasteiger partial charge in [-0.2, -0.15) is 5.26 Å². The molecule has 16 heavy (non-hydrogen) atoms. The number of nitrogens with zero attached hydrogens (tertiary/aromatic N) is 2. The lowest BCUT2D eigenvalue weighted by Gasteiger charge is -2.36. The summed E-state index contributed by atoms with van der Waals surface area (Å²) in [6.07, 6.45) is -0.623. The van der Waals surface area contributed by atoms with Gasteiger partial charge in [0.15, 0.2) is 0 Å². The molecule has 0 aromatic carbocycles. The Kier molecular flexibility index (Phi) is 9.21. The van der Waals surface area contributed by atoms with Crippen LogP contribution in [0.2, 0.25) is 0 Å². The molecule has 0 heterocycles. The van der Waals surface area contributed by atoms with Gasteiger partial charge in [-0.25, -0.2) is 0 Å². The van der Waals surface area contributed by atoms with E-state index in [1.807, 2.05) is 6.07 Å². The number of rotatable bonds is 6. The van der Waals surface area contributed by atoms with E-state index in [4.69, 9.17) is 10.00 Å². The van der Waals surface area contributed by atoms with E-state index in [0.29, 0.717) is 6.54 Å². The molecule has 94 valence electrons. The molecule has 0 aromatic heterocycles. The molecule has 0 spiro atoms. The molecule has 0 aliphatic carbocycles. The van der Waals surface area contributed by atoms with Crippen molar-refractivity contribution in [2.45, 2.75) is 33.8 Å². The third kappa shape index (κ3) is 5.34. The third-order valence-corrected chi connectivity index (χ3v) is 3.02. The number of ether oxygens (including phenoxy) is 1. The molecule has 0 fully saturated rings. The second kappa shape index (κ2) is 8.37. The zero-order valence-corrected chi connectivity index (χ0v) is 11.3. The lowest BCUT2D eigenvalue weighted by atomic mass is 10.2. The van der Waals surface area contributed by atoms with Crippen LogP contribution in [0, 0.1) is 11.3 Å². The van der Waals surface area contributed by atoms with Crippen LogP contribution in [0.4, 0.5) is 0 Å². The number of carbonyl (C=O) groups excluding carboxylic acids is 1. The van der Waals surface area contributed by atoms with Crippen molar-refractivity contribution in [1.82, 2.24) is 0 Å². The molecule has 0 saturated carbocycles. The zero-order valence-electron chi connectivity index (χ0n) is 10.5. The molecular weight excluding hydrogens is 228 g/mol. The number of esters is 1. The van der Waals surface area contributed by atoms with Crippen molar-refractivity contribution in [3.05, 3.63) is 0 Å². The van der Waals surface area contributed by atoms with Gasteiger partial charge in [0, 0.05) is 6.92 Å². The maximum Gasteiger partial charge on any atom is 0.304 e. The van der Waals surface area contributed by atoms with Crippen LogP contribution >= 0.6 is 0 Å². The standard InChI is InChI=1S/C11H21N2O2.ClH/c1-5-13(6-2,7-3)9-11(8-12)15-10(4)14;/h11H,5-7,9H2,1-4H3;1H/q+1;/p-1. The second-order valence-corrected chi connectivity index (χ2v) is 3.70. The number of nitriles is 1. The van der Waals surface area contributed by atoms with E-state index in [-0.39, 0.29) is 18.4 Å². The first kappa shape index (κ1) is 17.6. The lowest BCUT2D eigenvalue weighted by Crippen LogP contribution is -3.00. The Morgan fingerprint density at radius 1 is 1.31 bits per heavy atom. The first-order valence-corrected chi connectivity index (χ1v) is 5.45. The van der Waals surface area contributed by atoms with Crippen molar-refractivity contribution in [1.29, 1.82) is 5.26 Å². The Morgan fingerprint density at radius 2 is 1.75 bits per heavy atom. The summed E-state index contributed by atoms with van der Waals surface area (Å²) in [5.41, 5.74) is 0. The molecule has 1 unspecified atom stereocenters. The molecular formula is C11H21ClN2O2. The van der Waals surface area contributed by atoms with Crippen molar-refractivity contribution in [3.8, 4) is 6.07 Å². The maximum atomic E-state index is 10.8. The van der Waals surface area contributed by atoms with Crippen LogP contribution in [0.3, 0.4) is 0 Å². The van der Waals surface area contributed by atoms with Gasteiger partial charge in [0.2, 0.25) is 6.10 Å². The minimum Gasteiger partial charge on any atom is -1.00 e. The van der Waals surface area contributed by atoms with Crippen LogP contribution in [0.15, 0.2) is 0 Å². The topological polar surface area (TPSA) is 50.1 Å². The minimum atomic E-state index is -0.623. The molecule has 0 aliphatic rings. The summed E-state index contributed by atoms with van der Waals surface area (Å²) >= 11 is 0. The van der Waals surface area contributed by atoms with Gasteiger partial charge in [-0.15, -0.1) is 0 Å². The number of hydrogen-bond acceptors (Lipinski definition) is 3. The molecule has 0 aliphatic heterocycles. The van der Waals surface area contributed by atoms with Crippen LogP contribution in [0.5, 0.6) is 0 Å². The Balaban J connectivity index is 0. The van der Waals surface area contributed by atoms with E-state index in [2.05, 4.69) is 20.8 Å². The van der Waals surface area contributed by atoms with E-state index in [0.717, 1.165) is 24.1 Å². The predicted octanol–water partition coefficient (Wildman–Crippen LogP) is -1.68. The van der Waals surface area contributed by atoms with Crippen LogP contribution in [-0.2, 0) is 9.53 Å². The van der Waals surface area contributed by atoms with Gasteiger partial charge in [-0.1, -0.05) is 0 Å². The summed E-state index contributed by atoms with van der Waals surface area (Å²) in [5, 5.41) is 8.89. The smallest absolute Gasteiger partial charge is 0.304 e. The van der Waals surface area contributed by atoms with Gasteiger partial charge in [0.25, 0.3) is 0 Å². The summed E-state index contributed by atoms with van der Waals surface area (Å²) in [6, 6.07) is 2.03. The Labute approximate surface area is 104 Å². The molecule has 0 rings (SSSR count). The summed E-state index contributed by atoms with van der Waals surface area (Å²) in [6.45, 7) is 11.0. The monoisotopic (exact) mass is 248 g/mol. The van der Waals surface area contributed by atoms with E-state index in [1.165, 1.54) is 6.92 Å². The molecule has 0 N–H and O–H groups in total. The highest BCUT2D eigenvalue weighted by atomic mass is 35.5. The Hall–Kier alpha value is -0.790. The summed E-state index contributed by atoms with van der Waals surface area (Å²) in [7, 11) is 0. The third-order valence-electron chi connectivity index (χ3n) is 3.02. The van der Waals surface area contributed by atoms with E-state index in [9.17, 15) is 4.79 Å². The van der Waals surface area contributed by atoms with Gasteiger partial charge in [-0.05, 0) is 20.8 Å². The molecule has 1 atom stereocenters. The Morgan fingerprint density at radius 3 is 2.00 bits per heavy atom. The molecule has 5 heteroatoms.